The molecule has 0 radical (unpaired) electrons. The van der Waals surface area contributed by atoms with Crippen molar-refractivity contribution >= 4 is 16.9 Å². The predicted molar refractivity (Wildman–Crippen MR) is 87.8 cm³/mol. The van der Waals surface area contributed by atoms with Gasteiger partial charge in [-0.15, -0.1) is 0 Å². The number of hydrogen-bond acceptors (Lipinski definition) is 4. The number of carbonyl (C=O) groups excluding carboxylic acids is 1. The second-order valence-corrected chi connectivity index (χ2v) is 5.41. The third kappa shape index (κ3) is 3.16. The summed E-state index contributed by atoms with van der Waals surface area (Å²) in [6, 6.07) is 14.9. The van der Waals surface area contributed by atoms with Gasteiger partial charge >= 0.3 is 11.6 Å². The Morgan fingerprint density at radius 2 is 1.87 bits per heavy atom. The Kier molecular flexibility index (Phi) is 3.98. The number of rotatable bonds is 3. The maximum Gasteiger partial charge on any atom is 0.340 e. The molecule has 3 rings (SSSR count). The van der Waals surface area contributed by atoms with Crippen LogP contribution in [-0.4, -0.2) is 5.97 Å². The van der Waals surface area contributed by atoms with E-state index in [0.717, 1.165) is 16.5 Å². The van der Waals surface area contributed by atoms with Crippen LogP contribution in [0, 0.1) is 6.92 Å². The van der Waals surface area contributed by atoms with E-state index in [1.54, 1.807) is 18.2 Å². The molecule has 0 amide bonds. The molecule has 0 aliphatic rings. The van der Waals surface area contributed by atoms with Gasteiger partial charge in [0.15, 0.2) is 0 Å². The molecule has 3 aromatic rings. The Bertz CT molecular complexity index is 923. The third-order valence-electron chi connectivity index (χ3n) is 3.74. The maximum absolute atomic E-state index is 12.3. The Hall–Kier alpha value is -2.88. The van der Waals surface area contributed by atoms with Crippen molar-refractivity contribution in [1.82, 2.24) is 0 Å². The molecule has 0 saturated heterocycles. The van der Waals surface area contributed by atoms with Gasteiger partial charge in [0.2, 0.25) is 0 Å². The molecule has 4 nitrogen and oxygen atoms in total. The van der Waals surface area contributed by atoms with Gasteiger partial charge in [-0.2, -0.15) is 0 Å². The number of hydrogen-bond donors (Lipinski definition) is 0. The van der Waals surface area contributed by atoms with Gasteiger partial charge in [0.25, 0.3) is 0 Å². The minimum Gasteiger partial charge on any atom is -0.427 e. The van der Waals surface area contributed by atoms with Crippen LogP contribution >= 0.6 is 0 Å². The highest BCUT2D eigenvalue weighted by molar-refractivity contribution is 5.83. The Labute approximate surface area is 133 Å². The molecule has 0 N–H and O–H groups in total. The third-order valence-corrected chi connectivity index (χ3v) is 3.74. The van der Waals surface area contributed by atoms with E-state index in [1.165, 1.54) is 6.92 Å². The van der Waals surface area contributed by atoms with E-state index in [0.29, 0.717) is 23.3 Å². The van der Waals surface area contributed by atoms with Gasteiger partial charge in [-0.3, -0.25) is 4.79 Å². The van der Waals surface area contributed by atoms with Gasteiger partial charge < -0.3 is 9.15 Å². The van der Waals surface area contributed by atoms with Crippen LogP contribution in [0.3, 0.4) is 0 Å². The molecule has 0 saturated carbocycles. The topological polar surface area (TPSA) is 56.5 Å². The summed E-state index contributed by atoms with van der Waals surface area (Å²) < 4.78 is 10.4. The van der Waals surface area contributed by atoms with E-state index in [2.05, 4.69) is 0 Å². The number of aryl methyl sites for hydroxylation is 1. The van der Waals surface area contributed by atoms with Gasteiger partial charge in [0, 0.05) is 30.4 Å². The lowest BCUT2D eigenvalue weighted by atomic mass is 10.00. The van der Waals surface area contributed by atoms with E-state index < -0.39 is 5.97 Å². The summed E-state index contributed by atoms with van der Waals surface area (Å²) in [5.41, 5.74) is 2.64. The van der Waals surface area contributed by atoms with Crippen molar-refractivity contribution < 1.29 is 13.9 Å². The summed E-state index contributed by atoms with van der Waals surface area (Å²) in [5.74, 6) is -0.0486. The van der Waals surface area contributed by atoms with Crippen molar-refractivity contribution in [3.05, 3.63) is 75.6 Å². The lowest BCUT2D eigenvalue weighted by Crippen LogP contribution is -2.11. The summed E-state index contributed by atoms with van der Waals surface area (Å²) in [7, 11) is 0. The molecule has 1 heterocycles. The molecular formula is C19H16O4. The van der Waals surface area contributed by atoms with Crippen molar-refractivity contribution in [2.75, 3.05) is 0 Å². The normalized spacial score (nSPS) is 10.7. The molecule has 23 heavy (non-hydrogen) atoms. The van der Waals surface area contributed by atoms with Crippen molar-refractivity contribution in [3.8, 4) is 5.75 Å². The number of fused-ring (bicyclic) bond motifs is 1. The highest BCUT2D eigenvalue weighted by Gasteiger charge is 2.13. The average Bonchev–Trinajstić information content (AvgIpc) is 2.51. The van der Waals surface area contributed by atoms with Crippen LogP contribution in [0.15, 0.2) is 57.7 Å². The van der Waals surface area contributed by atoms with Gasteiger partial charge in [-0.05, 0) is 30.2 Å². The first kappa shape index (κ1) is 15.0. The van der Waals surface area contributed by atoms with Crippen LogP contribution in [0.25, 0.3) is 11.0 Å². The van der Waals surface area contributed by atoms with Gasteiger partial charge in [-0.25, -0.2) is 4.79 Å². The highest BCUT2D eigenvalue weighted by atomic mass is 16.5. The lowest BCUT2D eigenvalue weighted by Gasteiger charge is -2.09. The summed E-state index contributed by atoms with van der Waals surface area (Å²) in [4.78, 5) is 23.3. The van der Waals surface area contributed by atoms with Crippen LogP contribution in [0.4, 0.5) is 0 Å². The second kappa shape index (κ2) is 6.08. The monoisotopic (exact) mass is 308 g/mol. The first-order valence-corrected chi connectivity index (χ1v) is 7.33. The Morgan fingerprint density at radius 1 is 1.13 bits per heavy atom. The molecule has 0 aliphatic heterocycles. The number of benzene rings is 2. The van der Waals surface area contributed by atoms with Gasteiger partial charge in [0.05, 0.1) is 0 Å². The molecule has 0 fully saturated rings. The average molecular weight is 308 g/mol. The standard InChI is InChI=1S/C19H16O4/c1-12-16-9-8-15(22-13(2)20)11-18(16)23-19(21)17(12)10-14-6-4-3-5-7-14/h3-9,11H,10H2,1-2H3. The zero-order chi connectivity index (χ0) is 16.4. The van der Waals surface area contributed by atoms with E-state index in [9.17, 15) is 9.59 Å². The minimum absolute atomic E-state index is 0.362. The van der Waals surface area contributed by atoms with E-state index >= 15 is 0 Å². The highest BCUT2D eigenvalue weighted by Crippen LogP contribution is 2.25. The number of esters is 1. The van der Waals surface area contributed by atoms with Crippen LogP contribution < -0.4 is 10.4 Å². The first-order valence-electron chi connectivity index (χ1n) is 7.33. The smallest absolute Gasteiger partial charge is 0.340 e. The zero-order valence-corrected chi connectivity index (χ0v) is 13.0. The Morgan fingerprint density at radius 3 is 2.57 bits per heavy atom. The van der Waals surface area contributed by atoms with Gasteiger partial charge in [-0.1, -0.05) is 30.3 Å². The molecule has 116 valence electrons. The second-order valence-electron chi connectivity index (χ2n) is 5.41. The molecule has 1 aromatic heterocycles. The molecule has 2 aromatic carbocycles. The van der Waals surface area contributed by atoms with Crippen molar-refractivity contribution in [2.45, 2.75) is 20.3 Å². The summed E-state index contributed by atoms with van der Waals surface area (Å²) >= 11 is 0. The van der Waals surface area contributed by atoms with Crippen molar-refractivity contribution in [2.24, 2.45) is 0 Å². The van der Waals surface area contributed by atoms with Crippen LogP contribution in [0.1, 0.15) is 23.6 Å². The van der Waals surface area contributed by atoms with Crippen molar-refractivity contribution in [3.63, 3.8) is 0 Å². The van der Waals surface area contributed by atoms with Crippen LogP contribution in [0.5, 0.6) is 5.75 Å². The molecule has 4 heteroatoms. The molecule has 0 bridgehead atoms. The fourth-order valence-corrected chi connectivity index (χ4v) is 2.61. The van der Waals surface area contributed by atoms with Crippen LogP contribution in [-0.2, 0) is 11.2 Å². The number of ether oxygens (including phenoxy) is 1. The molecular weight excluding hydrogens is 292 g/mol. The van der Waals surface area contributed by atoms with E-state index in [1.807, 2.05) is 37.3 Å². The Balaban J connectivity index is 2.07. The van der Waals surface area contributed by atoms with Crippen molar-refractivity contribution in [1.29, 1.82) is 0 Å². The molecule has 0 aliphatic carbocycles. The SMILES string of the molecule is CC(=O)Oc1ccc2c(C)c(Cc3ccccc3)c(=O)oc2c1. The quantitative estimate of drug-likeness (QED) is 0.421. The van der Waals surface area contributed by atoms with E-state index in [4.69, 9.17) is 9.15 Å². The van der Waals surface area contributed by atoms with Crippen LogP contribution in [0.2, 0.25) is 0 Å². The minimum atomic E-state index is -0.413. The fourth-order valence-electron chi connectivity index (χ4n) is 2.61. The summed E-state index contributed by atoms with van der Waals surface area (Å²) in [6.45, 7) is 3.23. The summed E-state index contributed by atoms with van der Waals surface area (Å²) in [5, 5.41) is 0.839. The number of carbonyl (C=O) groups is 1. The summed E-state index contributed by atoms with van der Waals surface area (Å²) in [6.07, 6.45) is 0.524. The molecule has 0 atom stereocenters. The maximum atomic E-state index is 12.3. The van der Waals surface area contributed by atoms with Gasteiger partial charge in [0.1, 0.15) is 11.3 Å². The fraction of sp³-hybridized carbons (Fsp3) is 0.158. The predicted octanol–water partition coefficient (Wildman–Crippen LogP) is 3.62. The molecule has 0 unspecified atom stereocenters. The lowest BCUT2D eigenvalue weighted by molar-refractivity contribution is -0.131. The molecule has 0 spiro atoms. The zero-order valence-electron chi connectivity index (χ0n) is 13.0. The van der Waals surface area contributed by atoms with E-state index in [-0.39, 0.29) is 5.63 Å². The first-order chi connectivity index (χ1) is 11.0. The largest absolute Gasteiger partial charge is 0.427 e.